The topological polar surface area (TPSA) is 50.9 Å². The van der Waals surface area contributed by atoms with Crippen LogP contribution in [0.3, 0.4) is 0 Å². The normalized spacial score (nSPS) is 11.2. The van der Waals surface area contributed by atoms with E-state index < -0.39 is 0 Å². The number of aromatic nitrogens is 3. The van der Waals surface area contributed by atoms with Crippen LogP contribution in [0.25, 0.3) is 26.5 Å². The summed E-state index contributed by atoms with van der Waals surface area (Å²) in [4.78, 5) is 4.64. The number of hydrogen-bond donors (Lipinski definition) is 1. The highest BCUT2D eigenvalue weighted by atomic mass is 32.1. The molecule has 0 bridgehead atoms. The molecule has 4 nitrogen and oxygen atoms in total. The zero-order valence-electron chi connectivity index (χ0n) is 12.6. The molecule has 0 aliphatic rings. The van der Waals surface area contributed by atoms with Crippen LogP contribution in [0.4, 0.5) is 0 Å². The number of aromatic hydroxyl groups is 1. The van der Waals surface area contributed by atoms with E-state index in [1.807, 2.05) is 23.0 Å². The number of phenols is 1. The molecule has 4 rings (SSSR count). The Morgan fingerprint density at radius 1 is 1.09 bits per heavy atom. The van der Waals surface area contributed by atoms with Crippen LogP contribution >= 0.6 is 11.3 Å². The van der Waals surface area contributed by atoms with Crippen LogP contribution in [0.15, 0.2) is 54.7 Å². The lowest BCUT2D eigenvalue weighted by atomic mass is 10.2. The summed E-state index contributed by atoms with van der Waals surface area (Å²) in [6.45, 7) is 2.12. The maximum absolute atomic E-state index is 9.57. The largest absolute Gasteiger partial charge is 0.508 e. The Hall–Kier alpha value is -2.66. The van der Waals surface area contributed by atoms with Gasteiger partial charge in [0.2, 0.25) is 0 Å². The van der Waals surface area contributed by atoms with Crippen molar-refractivity contribution in [3.05, 3.63) is 60.4 Å². The molecule has 0 radical (unpaired) electrons. The number of benzene rings is 2. The number of hydrogen-bond acceptors (Lipinski definition) is 4. The third-order valence-electron chi connectivity index (χ3n) is 3.81. The van der Waals surface area contributed by atoms with Crippen molar-refractivity contribution in [1.29, 1.82) is 0 Å². The highest BCUT2D eigenvalue weighted by Gasteiger charge is 2.08. The summed E-state index contributed by atoms with van der Waals surface area (Å²) in [6, 6.07) is 15.5. The van der Waals surface area contributed by atoms with Gasteiger partial charge in [0, 0.05) is 17.5 Å². The van der Waals surface area contributed by atoms with Crippen molar-refractivity contribution in [3.63, 3.8) is 0 Å². The standard InChI is InChI=1S/C18H15N3OS/c1-2-13-9-10-19-21(13)14-5-3-12(4-6-14)18-20-16-8-7-15(22)11-17(16)23-18/h3-11,22H,2H2,1H3. The molecule has 0 saturated heterocycles. The third-order valence-corrected chi connectivity index (χ3v) is 4.88. The molecule has 0 aliphatic heterocycles. The summed E-state index contributed by atoms with van der Waals surface area (Å²) in [5.74, 6) is 0.272. The van der Waals surface area contributed by atoms with Crippen molar-refractivity contribution in [2.24, 2.45) is 0 Å². The van der Waals surface area contributed by atoms with Crippen LogP contribution in [-0.2, 0) is 6.42 Å². The van der Waals surface area contributed by atoms with Gasteiger partial charge < -0.3 is 5.11 Å². The van der Waals surface area contributed by atoms with Gasteiger partial charge in [-0.05, 0) is 55.0 Å². The number of nitrogens with zero attached hydrogens (tertiary/aromatic N) is 3. The minimum absolute atomic E-state index is 0.272. The highest BCUT2D eigenvalue weighted by Crippen LogP contribution is 2.32. The molecule has 0 atom stereocenters. The van der Waals surface area contributed by atoms with E-state index in [9.17, 15) is 5.11 Å². The molecule has 2 heterocycles. The van der Waals surface area contributed by atoms with Crippen LogP contribution in [0.5, 0.6) is 5.75 Å². The first-order chi connectivity index (χ1) is 11.2. The maximum Gasteiger partial charge on any atom is 0.124 e. The van der Waals surface area contributed by atoms with Gasteiger partial charge in [-0.25, -0.2) is 9.67 Å². The number of rotatable bonds is 3. The summed E-state index contributed by atoms with van der Waals surface area (Å²) in [5, 5.41) is 14.9. The zero-order valence-corrected chi connectivity index (χ0v) is 13.4. The molecule has 0 aliphatic carbocycles. The number of aryl methyl sites for hydroxylation is 1. The van der Waals surface area contributed by atoms with Crippen LogP contribution in [0, 0.1) is 0 Å². The van der Waals surface area contributed by atoms with E-state index in [0.29, 0.717) is 0 Å². The molecular formula is C18H15N3OS. The van der Waals surface area contributed by atoms with Crippen molar-refractivity contribution >= 4 is 21.6 Å². The molecule has 0 fully saturated rings. The first-order valence-electron chi connectivity index (χ1n) is 7.48. The summed E-state index contributed by atoms with van der Waals surface area (Å²) in [7, 11) is 0. The van der Waals surface area contributed by atoms with Crippen molar-refractivity contribution in [2.45, 2.75) is 13.3 Å². The van der Waals surface area contributed by atoms with Gasteiger partial charge >= 0.3 is 0 Å². The summed E-state index contributed by atoms with van der Waals surface area (Å²) < 4.78 is 2.95. The average molecular weight is 321 g/mol. The molecule has 0 unspecified atom stereocenters. The minimum Gasteiger partial charge on any atom is -0.508 e. The predicted octanol–water partition coefficient (Wildman–Crippen LogP) is 4.42. The number of thiazole rings is 1. The Morgan fingerprint density at radius 2 is 1.91 bits per heavy atom. The van der Waals surface area contributed by atoms with Gasteiger partial charge in [-0.2, -0.15) is 5.10 Å². The second-order valence-electron chi connectivity index (χ2n) is 5.31. The number of phenolic OH excluding ortho intramolecular Hbond substituents is 1. The van der Waals surface area contributed by atoms with E-state index in [2.05, 4.69) is 41.3 Å². The van der Waals surface area contributed by atoms with E-state index in [4.69, 9.17) is 0 Å². The lowest BCUT2D eigenvalue weighted by Crippen LogP contribution is -2.00. The Kier molecular flexibility index (Phi) is 3.35. The molecule has 2 aromatic carbocycles. The van der Waals surface area contributed by atoms with E-state index in [1.165, 1.54) is 5.69 Å². The molecule has 114 valence electrons. The quantitative estimate of drug-likeness (QED) is 0.608. The summed E-state index contributed by atoms with van der Waals surface area (Å²) >= 11 is 1.58. The summed E-state index contributed by atoms with van der Waals surface area (Å²) in [6.07, 6.45) is 2.77. The van der Waals surface area contributed by atoms with Crippen LogP contribution < -0.4 is 0 Å². The summed E-state index contributed by atoms with van der Waals surface area (Å²) in [5.41, 5.74) is 4.22. The van der Waals surface area contributed by atoms with Gasteiger partial charge in [0.15, 0.2) is 0 Å². The van der Waals surface area contributed by atoms with Crippen molar-refractivity contribution < 1.29 is 5.11 Å². The molecule has 23 heavy (non-hydrogen) atoms. The monoisotopic (exact) mass is 321 g/mol. The smallest absolute Gasteiger partial charge is 0.124 e. The second-order valence-corrected chi connectivity index (χ2v) is 6.34. The fraction of sp³-hybridized carbons (Fsp3) is 0.111. The third kappa shape index (κ3) is 2.49. The van der Waals surface area contributed by atoms with E-state index in [0.717, 1.165) is 32.9 Å². The number of fused-ring (bicyclic) bond motifs is 1. The molecular weight excluding hydrogens is 306 g/mol. The van der Waals surface area contributed by atoms with Gasteiger partial charge in [-0.3, -0.25) is 0 Å². The first kappa shape index (κ1) is 14.0. The fourth-order valence-electron chi connectivity index (χ4n) is 2.61. The van der Waals surface area contributed by atoms with Crippen molar-refractivity contribution in [2.75, 3.05) is 0 Å². The SMILES string of the molecule is CCc1ccnn1-c1ccc(-c2nc3ccc(O)cc3s2)cc1. The van der Waals surface area contributed by atoms with Gasteiger partial charge in [0.25, 0.3) is 0 Å². The molecule has 0 spiro atoms. The molecule has 2 aromatic heterocycles. The highest BCUT2D eigenvalue weighted by molar-refractivity contribution is 7.21. The van der Waals surface area contributed by atoms with Gasteiger partial charge in [0.1, 0.15) is 10.8 Å². The molecule has 0 saturated carbocycles. The first-order valence-corrected chi connectivity index (χ1v) is 8.29. The molecule has 0 amide bonds. The van der Waals surface area contributed by atoms with Crippen molar-refractivity contribution in [1.82, 2.24) is 14.8 Å². The predicted molar refractivity (Wildman–Crippen MR) is 93.2 cm³/mol. The Morgan fingerprint density at radius 3 is 2.70 bits per heavy atom. The van der Waals surface area contributed by atoms with Gasteiger partial charge in [-0.1, -0.05) is 6.92 Å². The van der Waals surface area contributed by atoms with E-state index in [1.54, 1.807) is 23.5 Å². The van der Waals surface area contributed by atoms with E-state index in [-0.39, 0.29) is 5.75 Å². The zero-order chi connectivity index (χ0) is 15.8. The lowest BCUT2D eigenvalue weighted by Gasteiger charge is -2.06. The minimum atomic E-state index is 0.272. The van der Waals surface area contributed by atoms with Gasteiger partial charge in [-0.15, -0.1) is 11.3 Å². The van der Waals surface area contributed by atoms with Crippen molar-refractivity contribution in [3.8, 4) is 22.0 Å². The lowest BCUT2D eigenvalue weighted by molar-refractivity contribution is 0.476. The molecule has 4 aromatic rings. The molecule has 5 heteroatoms. The fourth-order valence-corrected chi connectivity index (χ4v) is 3.62. The van der Waals surface area contributed by atoms with Crippen LogP contribution in [0.1, 0.15) is 12.6 Å². The van der Waals surface area contributed by atoms with Crippen LogP contribution in [0.2, 0.25) is 0 Å². The van der Waals surface area contributed by atoms with Crippen LogP contribution in [-0.4, -0.2) is 19.9 Å². The maximum atomic E-state index is 9.57. The van der Waals surface area contributed by atoms with E-state index >= 15 is 0 Å². The Bertz CT molecular complexity index is 970. The Labute approximate surface area is 137 Å². The average Bonchev–Trinajstić information content (AvgIpc) is 3.21. The Balaban J connectivity index is 1.72. The molecule has 1 N–H and O–H groups in total. The second kappa shape index (κ2) is 5.52. The van der Waals surface area contributed by atoms with Gasteiger partial charge in [0.05, 0.1) is 15.9 Å².